The zero-order valence-corrected chi connectivity index (χ0v) is 6.63. The molecule has 0 aromatic rings. The molecule has 0 amide bonds. The maximum Gasteiger partial charge on any atom is 0.314 e. The maximum atomic E-state index is 10.0. The topological polar surface area (TPSA) is 43.4 Å². The van der Waals surface area contributed by atoms with E-state index in [1.54, 1.807) is 0 Å². The highest BCUT2D eigenvalue weighted by atomic mass is 16.6. The monoisotopic (exact) mass is 156 g/mol. The van der Waals surface area contributed by atoms with Crippen LogP contribution in [0.2, 0.25) is 0 Å². The lowest BCUT2D eigenvalue weighted by Crippen LogP contribution is -1.94. The Morgan fingerprint density at radius 2 is 1.82 bits per heavy atom. The lowest BCUT2D eigenvalue weighted by molar-refractivity contribution is -0.151. The van der Waals surface area contributed by atoms with Crippen molar-refractivity contribution in [3.63, 3.8) is 0 Å². The van der Waals surface area contributed by atoms with Crippen LogP contribution in [0.25, 0.3) is 0 Å². The van der Waals surface area contributed by atoms with Gasteiger partial charge in [-0.3, -0.25) is 9.59 Å². The van der Waals surface area contributed by atoms with Gasteiger partial charge in [0, 0.05) is 0 Å². The van der Waals surface area contributed by atoms with Crippen molar-refractivity contribution >= 4 is 11.9 Å². The van der Waals surface area contributed by atoms with Crippen LogP contribution in [-0.2, 0) is 14.3 Å². The molecule has 0 atom stereocenters. The average molecular weight is 156 g/mol. The Bertz CT molecular complexity index is 147. The number of carbonyl (C=O) groups excluding carboxylic acids is 2. The van der Waals surface area contributed by atoms with Gasteiger partial charge in [0.15, 0.2) is 0 Å². The van der Waals surface area contributed by atoms with Crippen molar-refractivity contribution in [3.05, 3.63) is 12.7 Å². The van der Waals surface area contributed by atoms with Gasteiger partial charge in [-0.25, -0.2) is 0 Å². The fourth-order valence-corrected chi connectivity index (χ4v) is 0.433. The number of hydrogen-bond donors (Lipinski definition) is 0. The summed E-state index contributed by atoms with van der Waals surface area (Å²) in [5.74, 6) is -0.796. The van der Waals surface area contributed by atoms with Crippen LogP contribution in [0.1, 0.15) is 26.2 Å². The molecule has 0 aliphatic carbocycles. The minimum atomic E-state index is -0.398. The molecule has 0 aromatic heterocycles. The van der Waals surface area contributed by atoms with E-state index in [2.05, 4.69) is 18.2 Å². The first-order valence-corrected chi connectivity index (χ1v) is 3.55. The van der Waals surface area contributed by atoms with E-state index in [1.165, 1.54) is 0 Å². The van der Waals surface area contributed by atoms with E-state index in [9.17, 15) is 9.59 Å². The molecule has 0 N–H and O–H groups in total. The summed E-state index contributed by atoms with van der Waals surface area (Å²) in [6.07, 6.45) is 3.48. The second kappa shape index (κ2) is 5.65. The molecule has 62 valence electrons. The van der Waals surface area contributed by atoms with Crippen molar-refractivity contribution in [2.45, 2.75) is 26.2 Å². The van der Waals surface area contributed by atoms with E-state index in [1.807, 2.05) is 6.08 Å². The lowest BCUT2D eigenvalue weighted by atomic mass is 10.4. The summed E-state index contributed by atoms with van der Waals surface area (Å²) in [5.41, 5.74) is 0. The van der Waals surface area contributed by atoms with E-state index in [4.69, 9.17) is 0 Å². The molecule has 0 unspecified atom stereocenters. The van der Waals surface area contributed by atoms with Crippen LogP contribution in [-0.4, -0.2) is 11.9 Å². The molecule has 0 radical (unpaired) electrons. The Morgan fingerprint density at radius 1 is 1.45 bits per heavy atom. The summed E-state index contributed by atoms with van der Waals surface area (Å²) >= 11 is 0. The molecule has 1 aliphatic rings. The van der Waals surface area contributed by atoms with Crippen LogP contribution in [0, 0.1) is 0 Å². The maximum absolute atomic E-state index is 10.0. The van der Waals surface area contributed by atoms with Gasteiger partial charge in [-0.15, -0.1) is 6.58 Å². The van der Waals surface area contributed by atoms with Crippen molar-refractivity contribution in [1.82, 2.24) is 0 Å². The number of allylic oxidation sites excluding steroid dienone is 1. The van der Waals surface area contributed by atoms with Crippen molar-refractivity contribution in [1.29, 1.82) is 0 Å². The smallest absolute Gasteiger partial charge is 0.314 e. The van der Waals surface area contributed by atoms with E-state index in [-0.39, 0.29) is 12.8 Å². The Kier molecular flexibility index (Phi) is 5.07. The van der Waals surface area contributed by atoms with E-state index in [0.717, 1.165) is 6.42 Å². The predicted molar refractivity (Wildman–Crippen MR) is 40.8 cm³/mol. The fourth-order valence-electron chi connectivity index (χ4n) is 0.433. The molecule has 3 nitrogen and oxygen atoms in total. The van der Waals surface area contributed by atoms with Crippen LogP contribution < -0.4 is 0 Å². The number of ether oxygens (including phenoxy) is 1. The second-order valence-corrected chi connectivity index (χ2v) is 2.04. The molecule has 11 heavy (non-hydrogen) atoms. The van der Waals surface area contributed by atoms with Crippen LogP contribution in [0.15, 0.2) is 12.7 Å². The molecule has 0 aromatic carbocycles. The van der Waals surface area contributed by atoms with E-state index < -0.39 is 11.9 Å². The molecule has 1 fully saturated rings. The molecule has 0 spiro atoms. The van der Waals surface area contributed by atoms with Gasteiger partial charge >= 0.3 is 11.9 Å². The second-order valence-electron chi connectivity index (χ2n) is 2.04. The Hall–Kier alpha value is -1.12. The number of rotatable bonds is 1. The fraction of sp³-hybridized carbons (Fsp3) is 0.500. The van der Waals surface area contributed by atoms with Crippen LogP contribution in [0.3, 0.4) is 0 Å². The van der Waals surface area contributed by atoms with Gasteiger partial charge in [-0.05, 0) is 6.42 Å². The quantitative estimate of drug-likeness (QED) is 0.327. The van der Waals surface area contributed by atoms with Crippen molar-refractivity contribution < 1.29 is 14.3 Å². The number of esters is 2. The van der Waals surface area contributed by atoms with Crippen molar-refractivity contribution in [2.75, 3.05) is 0 Å². The standard InChI is InChI=1S/C4H4O3.C4H8/c5-3-1-2-4(6)7-3;1-3-4-2/h1-2H2;3H,1,4H2,2H3. The summed E-state index contributed by atoms with van der Waals surface area (Å²) < 4.78 is 4.08. The SMILES string of the molecule is C=CCC.O=C1CCC(=O)O1. The number of hydrogen-bond acceptors (Lipinski definition) is 3. The summed E-state index contributed by atoms with van der Waals surface area (Å²) in [6, 6.07) is 0. The van der Waals surface area contributed by atoms with Crippen molar-refractivity contribution in [2.24, 2.45) is 0 Å². The van der Waals surface area contributed by atoms with E-state index >= 15 is 0 Å². The third kappa shape index (κ3) is 5.33. The first-order chi connectivity index (χ1) is 5.20. The molecule has 1 aliphatic heterocycles. The van der Waals surface area contributed by atoms with E-state index in [0.29, 0.717) is 0 Å². The van der Waals surface area contributed by atoms with Gasteiger partial charge < -0.3 is 4.74 Å². The third-order valence-electron chi connectivity index (χ3n) is 1.05. The first kappa shape index (κ1) is 9.88. The highest BCUT2D eigenvalue weighted by molar-refractivity contribution is 5.92. The lowest BCUT2D eigenvalue weighted by Gasteiger charge is -1.79. The van der Waals surface area contributed by atoms with Gasteiger partial charge in [0.2, 0.25) is 0 Å². The normalized spacial score (nSPS) is 15.0. The van der Waals surface area contributed by atoms with Crippen LogP contribution >= 0.6 is 0 Å². The molecule has 1 heterocycles. The van der Waals surface area contributed by atoms with Crippen LogP contribution in [0.5, 0.6) is 0 Å². The van der Waals surface area contributed by atoms with Gasteiger partial charge in [0.1, 0.15) is 0 Å². The summed E-state index contributed by atoms with van der Waals surface area (Å²) in [7, 11) is 0. The Morgan fingerprint density at radius 3 is 1.91 bits per heavy atom. The van der Waals surface area contributed by atoms with Gasteiger partial charge in [0.25, 0.3) is 0 Å². The first-order valence-electron chi connectivity index (χ1n) is 3.55. The molecule has 1 rings (SSSR count). The molecule has 3 heteroatoms. The van der Waals surface area contributed by atoms with Gasteiger partial charge in [-0.2, -0.15) is 0 Å². The zero-order valence-electron chi connectivity index (χ0n) is 6.63. The average Bonchev–Trinajstić information content (AvgIpc) is 2.35. The summed E-state index contributed by atoms with van der Waals surface area (Å²) in [5, 5.41) is 0. The molecule has 0 saturated carbocycles. The minimum Gasteiger partial charge on any atom is -0.393 e. The summed E-state index contributed by atoms with van der Waals surface area (Å²) in [4.78, 5) is 20.0. The van der Waals surface area contributed by atoms with Gasteiger partial charge in [0.05, 0.1) is 12.8 Å². The molecular weight excluding hydrogens is 144 g/mol. The highest BCUT2D eigenvalue weighted by Crippen LogP contribution is 2.03. The largest absolute Gasteiger partial charge is 0.393 e. The van der Waals surface area contributed by atoms with Crippen molar-refractivity contribution in [3.8, 4) is 0 Å². The predicted octanol–water partition coefficient (Wildman–Crippen LogP) is 1.43. The third-order valence-corrected chi connectivity index (χ3v) is 1.05. The van der Waals surface area contributed by atoms with Gasteiger partial charge in [-0.1, -0.05) is 13.0 Å². The summed E-state index contributed by atoms with van der Waals surface area (Å²) in [6.45, 7) is 5.54. The minimum absolute atomic E-state index is 0.263. The number of carbonyl (C=O) groups is 2. The zero-order chi connectivity index (χ0) is 8.69. The Labute approximate surface area is 66.0 Å². The number of cyclic esters (lactones) is 2. The Balaban J connectivity index is 0.000000218. The molecule has 0 bridgehead atoms. The molecule has 1 saturated heterocycles. The molecular formula is C8H12O3. The van der Waals surface area contributed by atoms with Crippen LogP contribution in [0.4, 0.5) is 0 Å². The highest BCUT2D eigenvalue weighted by Gasteiger charge is 2.19.